The molecule has 4 fully saturated rings. The number of hydrogen-bond donors (Lipinski definition) is 2. The molecule has 0 spiro atoms. The van der Waals surface area contributed by atoms with Crippen LogP contribution in [0.3, 0.4) is 0 Å². The molecule has 1 atom stereocenters. The zero-order chi connectivity index (χ0) is 17.5. The zero-order valence-electron chi connectivity index (χ0n) is 14.7. The molecule has 24 heavy (non-hydrogen) atoms. The molecule has 3 N–H and O–H groups in total. The van der Waals surface area contributed by atoms with Crippen LogP contribution in [0.1, 0.15) is 52.4 Å². The Balaban J connectivity index is 1.66. The number of nitrogens with one attached hydrogen (secondary N) is 1. The topological polar surface area (TPSA) is 92.5 Å². The molecule has 0 aromatic heterocycles. The molecule has 4 rings (SSSR count). The van der Waals surface area contributed by atoms with E-state index in [2.05, 4.69) is 5.32 Å². The van der Waals surface area contributed by atoms with Gasteiger partial charge in [0.1, 0.15) is 0 Å². The minimum Gasteiger partial charge on any atom is -0.345 e. The fourth-order valence-electron chi connectivity index (χ4n) is 5.77. The minimum atomic E-state index is -0.787. The monoisotopic (exact) mass is 335 g/mol. The molecule has 0 aliphatic heterocycles. The molecular weight excluding hydrogens is 306 g/mol. The Hall–Kier alpha value is -1.43. The number of nitrogens with two attached hydrogens (primary N) is 1. The van der Waals surface area contributed by atoms with Gasteiger partial charge in [-0.15, -0.1) is 0 Å². The average Bonchev–Trinajstić information content (AvgIpc) is 2.50. The van der Waals surface area contributed by atoms with Gasteiger partial charge in [0.25, 0.3) is 0 Å². The van der Waals surface area contributed by atoms with Crippen LogP contribution in [0.4, 0.5) is 0 Å². The highest BCUT2D eigenvalue weighted by atomic mass is 16.2. The lowest BCUT2D eigenvalue weighted by molar-refractivity contribution is -0.153. The normalized spacial score (nSPS) is 34.7. The molecule has 134 valence electrons. The SMILES string of the molecule is CC(=O)N(CCN)C(=O)C(=O)NC(C)C12CC3CC(CC(C3)C1)C2. The van der Waals surface area contributed by atoms with Gasteiger partial charge in [-0.1, -0.05) is 0 Å². The molecule has 4 bridgehead atoms. The Bertz CT molecular complexity index is 510. The van der Waals surface area contributed by atoms with Gasteiger partial charge in [-0.05, 0) is 68.6 Å². The lowest BCUT2D eigenvalue weighted by Crippen LogP contribution is -2.58. The van der Waals surface area contributed by atoms with Gasteiger partial charge in [0.15, 0.2) is 0 Å². The third-order valence-corrected chi connectivity index (χ3v) is 6.52. The number of hydrogen-bond acceptors (Lipinski definition) is 4. The van der Waals surface area contributed by atoms with E-state index in [0.29, 0.717) is 0 Å². The number of rotatable bonds is 4. The summed E-state index contributed by atoms with van der Waals surface area (Å²) >= 11 is 0. The predicted molar refractivity (Wildman–Crippen MR) is 89.7 cm³/mol. The van der Waals surface area contributed by atoms with E-state index in [1.54, 1.807) is 0 Å². The molecule has 0 saturated heterocycles. The Kier molecular flexibility index (Phi) is 4.69. The van der Waals surface area contributed by atoms with Crippen LogP contribution < -0.4 is 11.1 Å². The first kappa shape index (κ1) is 17.4. The summed E-state index contributed by atoms with van der Waals surface area (Å²) in [6.45, 7) is 3.54. The van der Waals surface area contributed by atoms with Crippen LogP contribution in [0.5, 0.6) is 0 Å². The van der Waals surface area contributed by atoms with Crippen molar-refractivity contribution in [1.29, 1.82) is 0 Å². The quantitative estimate of drug-likeness (QED) is 0.751. The maximum atomic E-state index is 12.4. The van der Waals surface area contributed by atoms with E-state index in [1.165, 1.54) is 26.2 Å². The predicted octanol–water partition coefficient (Wildman–Crippen LogP) is 1.04. The van der Waals surface area contributed by atoms with Gasteiger partial charge in [-0.3, -0.25) is 19.3 Å². The molecule has 6 heteroatoms. The van der Waals surface area contributed by atoms with E-state index < -0.39 is 17.7 Å². The van der Waals surface area contributed by atoms with Crippen molar-refractivity contribution in [2.75, 3.05) is 13.1 Å². The molecular formula is C18H29N3O3. The number of carbonyl (C=O) groups is 3. The number of amides is 3. The van der Waals surface area contributed by atoms with Crippen LogP contribution >= 0.6 is 0 Å². The Morgan fingerprint density at radius 3 is 2.04 bits per heavy atom. The fourth-order valence-corrected chi connectivity index (χ4v) is 5.77. The number of nitrogens with zero attached hydrogens (tertiary/aromatic N) is 1. The second-order valence-electron chi connectivity index (χ2n) is 8.24. The molecule has 0 aromatic carbocycles. The zero-order valence-corrected chi connectivity index (χ0v) is 14.7. The summed E-state index contributed by atoms with van der Waals surface area (Å²) in [5.74, 6) is 0.460. The van der Waals surface area contributed by atoms with Crippen molar-refractivity contribution in [3.05, 3.63) is 0 Å². The fraction of sp³-hybridized carbons (Fsp3) is 0.833. The van der Waals surface area contributed by atoms with Crippen molar-refractivity contribution in [1.82, 2.24) is 10.2 Å². The molecule has 0 aromatic rings. The van der Waals surface area contributed by atoms with Gasteiger partial charge >= 0.3 is 11.8 Å². The summed E-state index contributed by atoms with van der Waals surface area (Å²) in [6.07, 6.45) is 7.50. The summed E-state index contributed by atoms with van der Waals surface area (Å²) in [4.78, 5) is 37.1. The van der Waals surface area contributed by atoms with Gasteiger partial charge < -0.3 is 11.1 Å². The maximum Gasteiger partial charge on any atom is 0.318 e. The van der Waals surface area contributed by atoms with Crippen molar-refractivity contribution in [2.45, 2.75) is 58.4 Å². The standard InChI is InChI=1S/C18H29N3O3/c1-11(20-16(23)17(24)21(4-3-19)12(2)22)18-8-13-5-14(9-18)7-15(6-13)10-18/h11,13-15H,3-10,19H2,1-2H3,(H,20,23). The second kappa shape index (κ2) is 6.47. The van der Waals surface area contributed by atoms with E-state index in [4.69, 9.17) is 5.73 Å². The van der Waals surface area contributed by atoms with Crippen molar-refractivity contribution in [3.8, 4) is 0 Å². The van der Waals surface area contributed by atoms with Crippen LogP contribution in [-0.4, -0.2) is 41.8 Å². The second-order valence-corrected chi connectivity index (χ2v) is 8.24. The molecule has 0 radical (unpaired) electrons. The van der Waals surface area contributed by atoms with Crippen molar-refractivity contribution in [2.24, 2.45) is 28.9 Å². The van der Waals surface area contributed by atoms with Crippen LogP contribution in [0.15, 0.2) is 0 Å². The van der Waals surface area contributed by atoms with Gasteiger partial charge in [-0.25, -0.2) is 0 Å². The lowest BCUT2D eigenvalue weighted by Gasteiger charge is -2.59. The molecule has 4 saturated carbocycles. The average molecular weight is 335 g/mol. The Morgan fingerprint density at radius 1 is 1.12 bits per heavy atom. The van der Waals surface area contributed by atoms with Gasteiger partial charge in [0.2, 0.25) is 5.91 Å². The molecule has 6 nitrogen and oxygen atoms in total. The van der Waals surface area contributed by atoms with Crippen LogP contribution in [-0.2, 0) is 14.4 Å². The number of carbonyl (C=O) groups excluding carboxylic acids is 3. The molecule has 0 heterocycles. The highest BCUT2D eigenvalue weighted by Gasteiger charge is 2.53. The summed E-state index contributed by atoms with van der Waals surface area (Å²) in [7, 11) is 0. The van der Waals surface area contributed by atoms with Gasteiger partial charge in [-0.2, -0.15) is 0 Å². The molecule has 4 aliphatic carbocycles. The van der Waals surface area contributed by atoms with Crippen molar-refractivity contribution < 1.29 is 14.4 Å². The van der Waals surface area contributed by atoms with E-state index in [1.807, 2.05) is 6.92 Å². The van der Waals surface area contributed by atoms with Crippen LogP contribution in [0, 0.1) is 23.2 Å². The smallest absolute Gasteiger partial charge is 0.318 e. The third-order valence-electron chi connectivity index (χ3n) is 6.52. The van der Waals surface area contributed by atoms with E-state index in [9.17, 15) is 14.4 Å². The molecule has 4 aliphatic rings. The van der Waals surface area contributed by atoms with Gasteiger partial charge in [0.05, 0.1) is 0 Å². The minimum absolute atomic E-state index is 0.0333. The van der Waals surface area contributed by atoms with Crippen LogP contribution in [0.2, 0.25) is 0 Å². The summed E-state index contributed by atoms with van der Waals surface area (Å²) in [6, 6.07) is -0.0333. The first-order valence-corrected chi connectivity index (χ1v) is 9.17. The highest BCUT2D eigenvalue weighted by molar-refractivity contribution is 6.37. The number of imide groups is 1. The maximum absolute atomic E-state index is 12.4. The lowest BCUT2D eigenvalue weighted by atomic mass is 9.48. The van der Waals surface area contributed by atoms with E-state index in [0.717, 1.165) is 41.9 Å². The summed E-state index contributed by atoms with van der Waals surface area (Å²) < 4.78 is 0. The summed E-state index contributed by atoms with van der Waals surface area (Å²) in [5, 5.41) is 2.91. The molecule has 1 unspecified atom stereocenters. The first-order valence-electron chi connectivity index (χ1n) is 9.17. The molecule has 3 amide bonds. The van der Waals surface area contributed by atoms with E-state index >= 15 is 0 Å². The van der Waals surface area contributed by atoms with Crippen molar-refractivity contribution >= 4 is 17.7 Å². The Labute approximate surface area is 143 Å². The first-order chi connectivity index (χ1) is 11.3. The largest absolute Gasteiger partial charge is 0.345 e. The highest BCUT2D eigenvalue weighted by Crippen LogP contribution is 2.61. The van der Waals surface area contributed by atoms with Crippen molar-refractivity contribution in [3.63, 3.8) is 0 Å². The van der Waals surface area contributed by atoms with Crippen LogP contribution in [0.25, 0.3) is 0 Å². The third kappa shape index (κ3) is 3.08. The summed E-state index contributed by atoms with van der Waals surface area (Å²) in [5.41, 5.74) is 5.57. The Morgan fingerprint density at radius 2 is 1.62 bits per heavy atom. The van der Waals surface area contributed by atoms with E-state index in [-0.39, 0.29) is 24.5 Å². The van der Waals surface area contributed by atoms with Gasteiger partial charge in [0, 0.05) is 26.1 Å².